The summed E-state index contributed by atoms with van der Waals surface area (Å²) in [5.74, 6) is 0.167. The van der Waals surface area contributed by atoms with E-state index < -0.39 is 0 Å². The van der Waals surface area contributed by atoms with E-state index in [4.69, 9.17) is 16.3 Å². The summed E-state index contributed by atoms with van der Waals surface area (Å²) >= 11 is 9.58. The van der Waals surface area contributed by atoms with Crippen molar-refractivity contribution in [2.45, 2.75) is 39.0 Å². The summed E-state index contributed by atoms with van der Waals surface area (Å²) < 4.78 is 19.0. The molecule has 1 nitrogen and oxygen atoms in total. The van der Waals surface area contributed by atoms with Crippen LogP contribution < -0.4 is 4.74 Å². The van der Waals surface area contributed by atoms with Crippen molar-refractivity contribution in [1.82, 2.24) is 0 Å². The summed E-state index contributed by atoms with van der Waals surface area (Å²) in [4.78, 5) is 0. The highest BCUT2D eigenvalue weighted by molar-refractivity contribution is 9.10. The number of halogens is 3. The molecule has 0 N–H and O–H groups in total. The van der Waals surface area contributed by atoms with Gasteiger partial charge >= 0.3 is 0 Å². The van der Waals surface area contributed by atoms with Crippen LogP contribution in [0.2, 0.25) is 0 Å². The van der Waals surface area contributed by atoms with Crippen LogP contribution >= 0.6 is 27.5 Å². The molecule has 1 atom stereocenters. The van der Waals surface area contributed by atoms with E-state index in [1.54, 1.807) is 6.07 Å². The van der Waals surface area contributed by atoms with Gasteiger partial charge in [-0.3, -0.25) is 0 Å². The maximum atomic E-state index is 13.4. The quantitative estimate of drug-likeness (QED) is 0.640. The molecule has 0 aliphatic carbocycles. The molecule has 1 aromatic rings. The first kappa shape index (κ1) is 15.8. The Balaban J connectivity index is 2.91. The van der Waals surface area contributed by atoms with Crippen LogP contribution in [0.15, 0.2) is 16.6 Å². The van der Waals surface area contributed by atoms with Crippen molar-refractivity contribution in [1.29, 1.82) is 0 Å². The van der Waals surface area contributed by atoms with Crippen LogP contribution in [0.1, 0.15) is 44.6 Å². The fourth-order valence-corrected chi connectivity index (χ4v) is 2.32. The van der Waals surface area contributed by atoms with Crippen LogP contribution in [0.4, 0.5) is 4.39 Å². The van der Waals surface area contributed by atoms with Gasteiger partial charge in [0.15, 0.2) is 0 Å². The molecular weight excluding hydrogens is 319 g/mol. The summed E-state index contributed by atoms with van der Waals surface area (Å²) in [6.45, 7) is 6.53. The molecule has 1 aromatic carbocycles. The van der Waals surface area contributed by atoms with Gasteiger partial charge in [0.2, 0.25) is 0 Å². The first-order chi connectivity index (χ1) is 8.24. The third-order valence-electron chi connectivity index (χ3n) is 2.76. The molecule has 0 aliphatic rings. The number of methoxy groups -OCH3 is 1. The average molecular weight is 338 g/mol. The highest BCUT2D eigenvalue weighted by atomic mass is 79.9. The van der Waals surface area contributed by atoms with Gasteiger partial charge in [-0.15, -0.1) is 11.6 Å². The summed E-state index contributed by atoms with van der Waals surface area (Å²) in [6, 6.07) is 3.07. The molecule has 0 radical (unpaired) electrons. The first-order valence-electron chi connectivity index (χ1n) is 5.91. The third-order valence-corrected chi connectivity index (χ3v) is 3.82. The Morgan fingerprint density at radius 2 is 2.00 bits per heavy atom. The molecule has 0 amide bonds. The van der Waals surface area contributed by atoms with Crippen molar-refractivity contribution in [3.63, 3.8) is 0 Å². The molecule has 18 heavy (non-hydrogen) atoms. The molecular formula is C14H19BrClFO. The lowest BCUT2D eigenvalue weighted by Gasteiger charge is -2.21. The second-order valence-corrected chi connectivity index (χ2v) is 6.96. The Hall–Kier alpha value is -0.280. The third kappa shape index (κ3) is 4.43. The van der Waals surface area contributed by atoms with E-state index in [1.165, 1.54) is 13.2 Å². The minimum Gasteiger partial charge on any atom is -0.496 e. The Kier molecular flexibility index (Phi) is 5.47. The molecule has 0 bridgehead atoms. The van der Waals surface area contributed by atoms with E-state index in [2.05, 4.69) is 36.7 Å². The second-order valence-electron chi connectivity index (χ2n) is 5.58. The molecule has 102 valence electrons. The van der Waals surface area contributed by atoms with Crippen molar-refractivity contribution >= 4 is 27.5 Å². The van der Waals surface area contributed by atoms with E-state index in [9.17, 15) is 4.39 Å². The molecule has 0 heterocycles. The second kappa shape index (κ2) is 6.25. The van der Waals surface area contributed by atoms with E-state index in [-0.39, 0.29) is 16.6 Å². The van der Waals surface area contributed by atoms with E-state index in [1.807, 2.05) is 0 Å². The Morgan fingerprint density at radius 3 is 2.50 bits per heavy atom. The predicted molar refractivity (Wildman–Crippen MR) is 77.9 cm³/mol. The fourth-order valence-electron chi connectivity index (χ4n) is 1.68. The average Bonchev–Trinajstić information content (AvgIpc) is 2.28. The maximum Gasteiger partial charge on any atom is 0.141 e. The monoisotopic (exact) mass is 336 g/mol. The van der Waals surface area contributed by atoms with Gasteiger partial charge in [-0.2, -0.15) is 0 Å². The topological polar surface area (TPSA) is 9.23 Å². The van der Waals surface area contributed by atoms with Gasteiger partial charge in [-0.05, 0) is 40.3 Å². The van der Waals surface area contributed by atoms with Gasteiger partial charge in [-0.1, -0.05) is 20.8 Å². The molecule has 1 unspecified atom stereocenters. The number of hydrogen-bond donors (Lipinski definition) is 0. The molecule has 1 rings (SSSR count). The van der Waals surface area contributed by atoms with Gasteiger partial charge < -0.3 is 4.74 Å². The number of benzene rings is 1. The normalized spacial score (nSPS) is 13.5. The lowest BCUT2D eigenvalue weighted by molar-refractivity contribution is 0.359. The van der Waals surface area contributed by atoms with Gasteiger partial charge in [0.05, 0.1) is 17.0 Å². The van der Waals surface area contributed by atoms with Gasteiger partial charge in [0.25, 0.3) is 0 Å². The van der Waals surface area contributed by atoms with Crippen molar-refractivity contribution in [3.05, 3.63) is 28.0 Å². The summed E-state index contributed by atoms with van der Waals surface area (Å²) in [6.07, 6.45) is 1.83. The Labute approximate surface area is 122 Å². The zero-order valence-electron chi connectivity index (χ0n) is 11.2. The van der Waals surface area contributed by atoms with Gasteiger partial charge in [0, 0.05) is 11.6 Å². The molecule has 4 heteroatoms. The van der Waals surface area contributed by atoms with Gasteiger partial charge in [-0.25, -0.2) is 4.39 Å². The molecule has 0 spiro atoms. The number of ether oxygens (including phenoxy) is 1. The zero-order chi connectivity index (χ0) is 13.9. The van der Waals surface area contributed by atoms with Crippen LogP contribution in [0.5, 0.6) is 5.75 Å². The standard InChI is InChI=1S/C14H19BrClFO/c1-14(2,3)6-5-11(16)9-7-10(15)12(17)8-13(9)18-4/h7-8,11H,5-6H2,1-4H3. The van der Waals surface area contributed by atoms with Crippen molar-refractivity contribution in [2.75, 3.05) is 7.11 Å². The predicted octanol–water partition coefficient (Wildman–Crippen LogP) is 5.70. The van der Waals surface area contributed by atoms with Gasteiger partial charge in [0.1, 0.15) is 11.6 Å². The summed E-state index contributed by atoms with van der Waals surface area (Å²) in [5, 5.41) is -0.170. The SMILES string of the molecule is COc1cc(F)c(Br)cc1C(Cl)CCC(C)(C)C. The molecule has 0 saturated carbocycles. The van der Waals surface area contributed by atoms with E-state index >= 15 is 0 Å². The minimum atomic E-state index is -0.338. The van der Waals surface area contributed by atoms with Crippen LogP contribution in [-0.4, -0.2) is 7.11 Å². The van der Waals surface area contributed by atoms with Crippen LogP contribution in [0.25, 0.3) is 0 Å². The largest absolute Gasteiger partial charge is 0.496 e. The van der Waals surface area contributed by atoms with Crippen molar-refractivity contribution in [2.24, 2.45) is 5.41 Å². The maximum absolute atomic E-state index is 13.4. The van der Waals surface area contributed by atoms with Crippen LogP contribution in [0.3, 0.4) is 0 Å². The summed E-state index contributed by atoms with van der Waals surface area (Å²) in [5.41, 5.74) is 1.06. The van der Waals surface area contributed by atoms with E-state index in [0.717, 1.165) is 18.4 Å². The highest BCUT2D eigenvalue weighted by Crippen LogP contribution is 2.38. The Morgan fingerprint density at radius 1 is 1.39 bits per heavy atom. The van der Waals surface area contributed by atoms with Crippen molar-refractivity contribution in [3.8, 4) is 5.75 Å². The molecule has 0 saturated heterocycles. The Bertz CT molecular complexity index is 415. The molecule has 0 aliphatic heterocycles. The lowest BCUT2D eigenvalue weighted by Crippen LogP contribution is -2.07. The zero-order valence-corrected chi connectivity index (χ0v) is 13.5. The first-order valence-corrected chi connectivity index (χ1v) is 7.14. The van der Waals surface area contributed by atoms with Crippen molar-refractivity contribution < 1.29 is 9.13 Å². The fraction of sp³-hybridized carbons (Fsp3) is 0.571. The van der Waals surface area contributed by atoms with Crippen LogP contribution in [0, 0.1) is 11.2 Å². The summed E-state index contributed by atoms with van der Waals surface area (Å²) in [7, 11) is 1.53. The number of hydrogen-bond acceptors (Lipinski definition) is 1. The lowest BCUT2D eigenvalue weighted by atomic mass is 9.88. The van der Waals surface area contributed by atoms with E-state index in [0.29, 0.717) is 10.2 Å². The number of rotatable bonds is 4. The smallest absolute Gasteiger partial charge is 0.141 e. The minimum absolute atomic E-state index is 0.170. The molecule has 0 aromatic heterocycles. The highest BCUT2D eigenvalue weighted by Gasteiger charge is 2.19. The molecule has 0 fully saturated rings. The number of alkyl halides is 1. The van der Waals surface area contributed by atoms with Crippen LogP contribution in [-0.2, 0) is 0 Å².